The Morgan fingerprint density at radius 2 is 2.00 bits per heavy atom. The van der Waals surface area contributed by atoms with Crippen molar-refractivity contribution in [2.45, 2.75) is 25.4 Å². The number of hydroxylamine groups is 2. The molecule has 0 bridgehead atoms. The molecule has 152 valence electrons. The summed E-state index contributed by atoms with van der Waals surface area (Å²) in [5, 5.41) is 25.6. The predicted molar refractivity (Wildman–Crippen MR) is 93.1 cm³/mol. The number of nitrogen functional groups attached to an aromatic ring is 1. The molecule has 0 saturated carbocycles. The number of amides is 2. The second-order valence-electron chi connectivity index (χ2n) is 6.09. The molecule has 1 saturated heterocycles. The van der Waals surface area contributed by atoms with Crippen LogP contribution in [-0.2, 0) is 28.9 Å². The van der Waals surface area contributed by atoms with Gasteiger partial charge in [-0.3, -0.25) is 14.4 Å². The average molecular weight is 415 g/mol. The molecule has 1 aliphatic rings. The van der Waals surface area contributed by atoms with Crippen molar-refractivity contribution in [2.24, 2.45) is 5.16 Å². The number of carboxylic acids is 2. The summed E-state index contributed by atoms with van der Waals surface area (Å²) in [5.74, 6) is -4.35. The number of anilines is 1. The highest BCUT2D eigenvalue weighted by molar-refractivity contribution is 7.13. The summed E-state index contributed by atoms with van der Waals surface area (Å²) in [6.45, 7) is 1.44. The van der Waals surface area contributed by atoms with E-state index in [4.69, 9.17) is 20.8 Å². The molecule has 0 aliphatic carbocycles. The molecule has 28 heavy (non-hydrogen) atoms. The lowest BCUT2D eigenvalue weighted by molar-refractivity contribution is -0.217. The zero-order valence-corrected chi connectivity index (χ0v) is 15.6. The number of oxime groups is 1. The molecule has 0 aromatic carbocycles. The zero-order valence-electron chi connectivity index (χ0n) is 14.7. The molecule has 1 atom stereocenters. The van der Waals surface area contributed by atoms with Gasteiger partial charge in [-0.15, -0.1) is 11.3 Å². The third kappa shape index (κ3) is 4.72. The van der Waals surface area contributed by atoms with Gasteiger partial charge in [0.1, 0.15) is 5.69 Å². The number of carbonyl (C=O) groups is 4. The molecule has 2 rings (SSSR count). The zero-order chi connectivity index (χ0) is 21.1. The second kappa shape index (κ2) is 8.18. The Morgan fingerprint density at radius 3 is 2.46 bits per heavy atom. The van der Waals surface area contributed by atoms with E-state index < -0.39 is 54.3 Å². The van der Waals surface area contributed by atoms with Crippen molar-refractivity contribution in [2.75, 3.05) is 18.9 Å². The van der Waals surface area contributed by atoms with Gasteiger partial charge in [0.15, 0.2) is 23.5 Å². The van der Waals surface area contributed by atoms with Gasteiger partial charge in [0.2, 0.25) is 12.5 Å². The maximum Gasteiger partial charge on any atom is 0.344 e. The fourth-order valence-corrected chi connectivity index (χ4v) is 2.87. The number of aromatic nitrogens is 1. The summed E-state index contributed by atoms with van der Waals surface area (Å²) in [7, 11) is 0. The number of carboxylic acid groups (broad SMARTS) is 2. The minimum atomic E-state index is -1.38. The summed E-state index contributed by atoms with van der Waals surface area (Å²) >= 11 is 0.977. The highest BCUT2D eigenvalue weighted by Crippen LogP contribution is 2.26. The first kappa shape index (κ1) is 21.0. The van der Waals surface area contributed by atoms with Crippen molar-refractivity contribution < 1.29 is 39.1 Å². The fourth-order valence-electron chi connectivity index (χ4n) is 2.33. The highest BCUT2D eigenvalue weighted by Gasteiger charge is 2.53. The number of β-lactam (4-membered cyclic amide) rings is 1. The monoisotopic (exact) mass is 415 g/mol. The largest absolute Gasteiger partial charge is 0.479 e. The maximum absolute atomic E-state index is 13.0. The van der Waals surface area contributed by atoms with Gasteiger partial charge in [0, 0.05) is 5.38 Å². The van der Waals surface area contributed by atoms with E-state index in [-0.39, 0.29) is 10.8 Å². The Bertz CT molecular complexity index is 835. The molecule has 1 aliphatic heterocycles. The number of nitrogens with one attached hydrogen (secondary N) is 1. The number of aliphatic carboxylic acids is 2. The van der Waals surface area contributed by atoms with Crippen molar-refractivity contribution in [3.8, 4) is 0 Å². The molecule has 1 fully saturated rings. The van der Waals surface area contributed by atoms with Gasteiger partial charge in [0.25, 0.3) is 0 Å². The number of hydrogen-bond donors (Lipinski definition) is 4. The smallest absolute Gasteiger partial charge is 0.344 e. The SMILES string of the molecule is CC1(C)NC(=O)[C@H]1N(OCC(=O)O)C(=O)/C(=N\OCC(=O)O)c1csc(N)n1. The van der Waals surface area contributed by atoms with E-state index >= 15 is 0 Å². The van der Waals surface area contributed by atoms with Crippen molar-refractivity contribution in [3.05, 3.63) is 11.1 Å². The van der Waals surface area contributed by atoms with Gasteiger partial charge in [-0.1, -0.05) is 5.16 Å². The lowest BCUT2D eigenvalue weighted by atomic mass is 9.85. The molecular formula is C14H17N5O8S. The van der Waals surface area contributed by atoms with Crippen molar-refractivity contribution >= 4 is 45.9 Å². The third-order valence-corrected chi connectivity index (χ3v) is 4.12. The first-order chi connectivity index (χ1) is 13.0. The van der Waals surface area contributed by atoms with Crippen LogP contribution in [-0.4, -0.2) is 74.5 Å². The molecule has 1 aromatic rings. The Kier molecular flexibility index (Phi) is 6.15. The number of thiazole rings is 1. The van der Waals surface area contributed by atoms with Crippen LogP contribution in [0.1, 0.15) is 19.5 Å². The average Bonchev–Trinajstić information content (AvgIpc) is 2.99. The molecule has 2 amide bonds. The Labute approximate surface area is 161 Å². The van der Waals surface area contributed by atoms with E-state index in [1.807, 2.05) is 0 Å². The minimum Gasteiger partial charge on any atom is -0.479 e. The van der Waals surface area contributed by atoms with Gasteiger partial charge < -0.3 is 26.1 Å². The van der Waals surface area contributed by atoms with E-state index in [9.17, 15) is 19.2 Å². The predicted octanol–water partition coefficient (Wildman–Crippen LogP) is -1.35. The summed E-state index contributed by atoms with van der Waals surface area (Å²) in [4.78, 5) is 60.0. The first-order valence-electron chi connectivity index (χ1n) is 7.66. The lowest BCUT2D eigenvalue weighted by Crippen LogP contribution is -2.76. The van der Waals surface area contributed by atoms with Crippen LogP contribution >= 0.6 is 11.3 Å². The van der Waals surface area contributed by atoms with Crippen molar-refractivity contribution in [3.63, 3.8) is 0 Å². The standard InChI is InChI=1S/C14H17N5O8S/c1-14(2)10(11(24)17-14)19(27-4-8(22)23)12(25)9(18-26-3-7(20)21)6-5-28-13(15)16-6/h5,10H,3-4H2,1-2H3,(H2,15,16)(H,17,24)(H,20,21)(H,22,23)/b18-9-/t10-/m1/s1. The molecule has 5 N–H and O–H groups in total. The van der Waals surface area contributed by atoms with Crippen LogP contribution in [0.3, 0.4) is 0 Å². The summed E-state index contributed by atoms with van der Waals surface area (Å²) in [6, 6.07) is -1.17. The molecule has 14 heteroatoms. The topological polar surface area (TPSA) is 194 Å². The van der Waals surface area contributed by atoms with Crippen LogP contribution in [0.25, 0.3) is 0 Å². The van der Waals surface area contributed by atoms with Gasteiger partial charge >= 0.3 is 17.8 Å². The Morgan fingerprint density at radius 1 is 1.36 bits per heavy atom. The molecule has 0 spiro atoms. The summed E-state index contributed by atoms with van der Waals surface area (Å²) in [6.07, 6.45) is 0. The Balaban J connectivity index is 2.39. The number of nitrogens with zero attached hydrogens (tertiary/aromatic N) is 3. The number of hydrogen-bond acceptors (Lipinski definition) is 10. The van der Waals surface area contributed by atoms with Crippen LogP contribution in [0.5, 0.6) is 0 Å². The minimum absolute atomic E-state index is 0.0562. The van der Waals surface area contributed by atoms with Crippen molar-refractivity contribution in [1.82, 2.24) is 15.4 Å². The van der Waals surface area contributed by atoms with Gasteiger partial charge in [0.05, 0.1) is 5.54 Å². The van der Waals surface area contributed by atoms with Crippen LogP contribution in [0, 0.1) is 0 Å². The lowest BCUT2D eigenvalue weighted by Gasteiger charge is -2.48. The van der Waals surface area contributed by atoms with E-state index in [0.717, 1.165) is 11.3 Å². The molecular weight excluding hydrogens is 398 g/mol. The number of nitrogens with two attached hydrogens (primary N) is 1. The quantitative estimate of drug-likeness (QED) is 0.213. The van der Waals surface area contributed by atoms with Gasteiger partial charge in [-0.2, -0.15) is 0 Å². The van der Waals surface area contributed by atoms with Gasteiger partial charge in [-0.25, -0.2) is 19.6 Å². The first-order valence-corrected chi connectivity index (χ1v) is 8.54. The van der Waals surface area contributed by atoms with Crippen LogP contribution in [0.15, 0.2) is 10.5 Å². The molecule has 2 heterocycles. The third-order valence-electron chi connectivity index (χ3n) is 3.45. The van der Waals surface area contributed by atoms with E-state index in [2.05, 4.69) is 20.3 Å². The number of rotatable bonds is 9. The maximum atomic E-state index is 13.0. The summed E-state index contributed by atoms with van der Waals surface area (Å²) < 4.78 is 0. The van der Waals surface area contributed by atoms with Crippen LogP contribution < -0.4 is 11.1 Å². The van der Waals surface area contributed by atoms with Crippen molar-refractivity contribution in [1.29, 1.82) is 0 Å². The highest BCUT2D eigenvalue weighted by atomic mass is 32.1. The Hall–Kier alpha value is -3.26. The van der Waals surface area contributed by atoms with Gasteiger partial charge in [-0.05, 0) is 13.8 Å². The summed E-state index contributed by atoms with van der Waals surface area (Å²) in [5.41, 5.74) is 4.07. The molecule has 1 aromatic heterocycles. The molecule has 0 unspecified atom stereocenters. The van der Waals surface area contributed by atoms with Crippen LogP contribution in [0.4, 0.5) is 5.13 Å². The normalized spacial score (nSPS) is 18.0. The van der Waals surface area contributed by atoms with E-state index in [0.29, 0.717) is 5.06 Å². The second-order valence-corrected chi connectivity index (χ2v) is 6.98. The van der Waals surface area contributed by atoms with E-state index in [1.54, 1.807) is 13.8 Å². The van der Waals surface area contributed by atoms with E-state index in [1.165, 1.54) is 5.38 Å². The molecule has 13 nitrogen and oxygen atoms in total. The van der Waals surface area contributed by atoms with Crippen LogP contribution in [0.2, 0.25) is 0 Å². The number of carbonyl (C=O) groups excluding carboxylic acids is 2. The fraction of sp³-hybridized carbons (Fsp3) is 0.429. The molecule has 0 radical (unpaired) electrons.